The van der Waals surface area contributed by atoms with E-state index in [0.29, 0.717) is 6.42 Å². The molecule has 4 N–H and O–H groups in total. The summed E-state index contributed by atoms with van der Waals surface area (Å²) in [5.41, 5.74) is 13.2. The van der Waals surface area contributed by atoms with Gasteiger partial charge in [-0.3, -0.25) is 4.79 Å². The third-order valence-corrected chi connectivity index (χ3v) is 3.14. The molecule has 0 bridgehead atoms. The van der Waals surface area contributed by atoms with E-state index in [2.05, 4.69) is 9.98 Å². The second-order valence-electron chi connectivity index (χ2n) is 3.49. The molecule has 0 saturated heterocycles. The minimum Gasteiger partial charge on any atom is -0.370 e. The van der Waals surface area contributed by atoms with Crippen molar-refractivity contribution in [1.29, 1.82) is 0 Å². The Morgan fingerprint density at radius 1 is 1.56 bits per heavy atom. The van der Waals surface area contributed by atoms with E-state index in [0.717, 1.165) is 18.5 Å². The molecule has 0 aliphatic rings. The van der Waals surface area contributed by atoms with Crippen LogP contribution in [0.25, 0.3) is 0 Å². The maximum atomic E-state index is 11.3. The molecule has 0 aliphatic carbocycles. The first-order valence-corrected chi connectivity index (χ1v) is 5.93. The minimum absolute atomic E-state index is 0.0355. The van der Waals surface area contributed by atoms with Crippen LogP contribution in [0.3, 0.4) is 0 Å². The molecule has 0 amide bonds. The summed E-state index contributed by atoms with van der Waals surface area (Å²) in [6, 6.07) is 0. The Balaban J connectivity index is 2.23. The summed E-state index contributed by atoms with van der Waals surface area (Å²) < 4.78 is 0. The lowest BCUT2D eigenvalue weighted by atomic mass is 10.1. The number of aromatic nitrogens is 1. The molecule has 1 heterocycles. The molecule has 0 radical (unpaired) electrons. The predicted octanol–water partition coefficient (Wildman–Crippen LogP) is 0.617. The number of carbonyl (C=O) groups excluding carboxylic acids is 1. The van der Waals surface area contributed by atoms with Crippen LogP contribution in [0.4, 0.5) is 0 Å². The molecule has 1 aromatic rings. The van der Waals surface area contributed by atoms with Crippen molar-refractivity contribution in [3.05, 3.63) is 16.1 Å². The number of aryl methyl sites for hydroxylation is 2. The SMILES string of the molecule is Cc1ncsc1CCCC(=O)CN=C(N)N. The fourth-order valence-electron chi connectivity index (χ4n) is 1.27. The second kappa shape index (κ2) is 6.22. The highest BCUT2D eigenvalue weighted by atomic mass is 32.1. The van der Waals surface area contributed by atoms with Gasteiger partial charge in [0.05, 0.1) is 11.2 Å². The Kier molecular flexibility index (Phi) is 4.91. The van der Waals surface area contributed by atoms with E-state index >= 15 is 0 Å². The van der Waals surface area contributed by atoms with Gasteiger partial charge < -0.3 is 11.5 Å². The zero-order valence-corrected chi connectivity index (χ0v) is 10.1. The number of nitrogens with two attached hydrogens (primary N) is 2. The molecule has 6 heteroatoms. The minimum atomic E-state index is -0.0355. The van der Waals surface area contributed by atoms with Crippen molar-refractivity contribution in [2.45, 2.75) is 26.2 Å². The third kappa shape index (κ3) is 4.39. The molecule has 0 aromatic carbocycles. The standard InChI is InChI=1S/C10H16N4OS/c1-7-9(16-6-14-7)4-2-3-8(15)5-13-10(11)12/h6H,2-5H2,1H3,(H4,11,12,13). The van der Waals surface area contributed by atoms with Crippen molar-refractivity contribution in [3.8, 4) is 0 Å². The van der Waals surface area contributed by atoms with Crippen LogP contribution in [-0.4, -0.2) is 23.3 Å². The number of rotatable bonds is 6. The van der Waals surface area contributed by atoms with Crippen LogP contribution in [-0.2, 0) is 11.2 Å². The number of thiazole rings is 1. The number of Topliss-reactive ketones (excluding diaryl/α,β-unsaturated/α-hetero) is 1. The fourth-order valence-corrected chi connectivity index (χ4v) is 2.09. The van der Waals surface area contributed by atoms with Crippen LogP contribution >= 0.6 is 11.3 Å². The normalized spacial score (nSPS) is 10.1. The third-order valence-electron chi connectivity index (χ3n) is 2.14. The van der Waals surface area contributed by atoms with E-state index in [1.54, 1.807) is 11.3 Å². The van der Waals surface area contributed by atoms with Gasteiger partial charge >= 0.3 is 0 Å². The van der Waals surface area contributed by atoms with Crippen LogP contribution in [0, 0.1) is 6.92 Å². The van der Waals surface area contributed by atoms with Crippen LogP contribution < -0.4 is 11.5 Å². The lowest BCUT2D eigenvalue weighted by Gasteiger charge is -1.98. The second-order valence-corrected chi connectivity index (χ2v) is 4.43. The number of ketones is 1. The molecule has 88 valence electrons. The average Bonchev–Trinajstić information content (AvgIpc) is 2.61. The van der Waals surface area contributed by atoms with E-state index in [4.69, 9.17) is 11.5 Å². The molecule has 1 rings (SSSR count). The largest absolute Gasteiger partial charge is 0.370 e. The van der Waals surface area contributed by atoms with Crippen molar-refractivity contribution in [2.24, 2.45) is 16.5 Å². The Hall–Kier alpha value is -1.43. The molecule has 1 aromatic heterocycles. The van der Waals surface area contributed by atoms with E-state index in [-0.39, 0.29) is 18.3 Å². The van der Waals surface area contributed by atoms with Gasteiger partial charge in [0.25, 0.3) is 0 Å². The molecule has 0 saturated carbocycles. The quantitative estimate of drug-likeness (QED) is 0.563. The van der Waals surface area contributed by atoms with Gasteiger partial charge in [-0.05, 0) is 19.8 Å². The Bertz CT molecular complexity index is 382. The summed E-state index contributed by atoms with van der Waals surface area (Å²) in [6.45, 7) is 2.07. The number of hydrogen-bond acceptors (Lipinski definition) is 4. The Labute approximate surface area is 98.6 Å². The summed E-state index contributed by atoms with van der Waals surface area (Å²) in [7, 11) is 0. The van der Waals surface area contributed by atoms with Gasteiger partial charge in [-0.1, -0.05) is 0 Å². The molecular weight excluding hydrogens is 224 g/mol. The molecule has 16 heavy (non-hydrogen) atoms. The number of nitrogens with zero attached hydrogens (tertiary/aromatic N) is 2. The zero-order valence-electron chi connectivity index (χ0n) is 9.27. The van der Waals surface area contributed by atoms with Crippen LogP contribution in [0.15, 0.2) is 10.5 Å². The first-order chi connectivity index (χ1) is 7.59. The highest BCUT2D eigenvalue weighted by molar-refractivity contribution is 7.09. The van der Waals surface area contributed by atoms with Gasteiger partial charge in [0, 0.05) is 11.3 Å². The molecule has 0 spiro atoms. The van der Waals surface area contributed by atoms with Gasteiger partial charge in [-0.15, -0.1) is 11.3 Å². The molecule has 0 atom stereocenters. The number of guanidine groups is 1. The van der Waals surface area contributed by atoms with Crippen LogP contribution in [0.2, 0.25) is 0 Å². The smallest absolute Gasteiger partial charge is 0.186 e. The van der Waals surface area contributed by atoms with Gasteiger partial charge in [-0.25, -0.2) is 9.98 Å². The Morgan fingerprint density at radius 2 is 2.31 bits per heavy atom. The lowest BCUT2D eigenvalue weighted by Crippen LogP contribution is -2.24. The zero-order chi connectivity index (χ0) is 12.0. The maximum absolute atomic E-state index is 11.3. The van der Waals surface area contributed by atoms with Crippen molar-refractivity contribution in [2.75, 3.05) is 6.54 Å². The summed E-state index contributed by atoms with van der Waals surface area (Å²) >= 11 is 1.63. The summed E-state index contributed by atoms with van der Waals surface area (Å²) in [4.78, 5) is 20.4. The lowest BCUT2D eigenvalue weighted by molar-refractivity contribution is -0.117. The highest BCUT2D eigenvalue weighted by Crippen LogP contribution is 2.15. The molecular formula is C10H16N4OS. The van der Waals surface area contributed by atoms with Gasteiger partial charge in [0.15, 0.2) is 11.7 Å². The topological polar surface area (TPSA) is 94.4 Å². The van der Waals surface area contributed by atoms with Crippen molar-refractivity contribution in [3.63, 3.8) is 0 Å². The molecule has 0 fully saturated rings. The fraction of sp³-hybridized carbons (Fsp3) is 0.500. The van der Waals surface area contributed by atoms with Crippen LogP contribution in [0.1, 0.15) is 23.4 Å². The summed E-state index contributed by atoms with van der Waals surface area (Å²) in [6.07, 6.45) is 2.22. The summed E-state index contributed by atoms with van der Waals surface area (Å²) in [5, 5.41) is 0. The monoisotopic (exact) mass is 240 g/mol. The first kappa shape index (κ1) is 12.6. The van der Waals surface area contributed by atoms with Gasteiger partial charge in [0.1, 0.15) is 6.54 Å². The van der Waals surface area contributed by atoms with Crippen LogP contribution in [0.5, 0.6) is 0 Å². The van der Waals surface area contributed by atoms with E-state index in [1.165, 1.54) is 4.88 Å². The molecule has 0 unspecified atom stereocenters. The maximum Gasteiger partial charge on any atom is 0.186 e. The highest BCUT2D eigenvalue weighted by Gasteiger charge is 2.04. The summed E-state index contributed by atoms with van der Waals surface area (Å²) in [5.74, 6) is 0.0298. The van der Waals surface area contributed by atoms with Gasteiger partial charge in [0.2, 0.25) is 0 Å². The molecule has 0 aliphatic heterocycles. The number of aliphatic imine (C=N–C) groups is 1. The number of hydrogen-bond donors (Lipinski definition) is 2. The van der Waals surface area contributed by atoms with Crippen molar-refractivity contribution < 1.29 is 4.79 Å². The number of carbonyl (C=O) groups is 1. The van der Waals surface area contributed by atoms with Crippen molar-refractivity contribution in [1.82, 2.24) is 4.98 Å². The van der Waals surface area contributed by atoms with Crippen molar-refractivity contribution >= 4 is 23.1 Å². The Morgan fingerprint density at radius 3 is 2.88 bits per heavy atom. The van der Waals surface area contributed by atoms with E-state index in [1.807, 2.05) is 12.4 Å². The molecule has 5 nitrogen and oxygen atoms in total. The van der Waals surface area contributed by atoms with E-state index < -0.39 is 0 Å². The van der Waals surface area contributed by atoms with E-state index in [9.17, 15) is 4.79 Å². The first-order valence-electron chi connectivity index (χ1n) is 5.05. The predicted molar refractivity (Wildman–Crippen MR) is 65.5 cm³/mol. The van der Waals surface area contributed by atoms with Gasteiger partial charge in [-0.2, -0.15) is 0 Å². The average molecular weight is 240 g/mol.